The zero-order valence-corrected chi connectivity index (χ0v) is 11.1. The minimum absolute atomic E-state index is 0.263. The van der Waals surface area contributed by atoms with Crippen LogP contribution in [0, 0.1) is 5.92 Å². The Kier molecular flexibility index (Phi) is 3.83. The molecule has 0 spiro atoms. The average molecular weight is 291 g/mol. The number of ether oxygens (including phenoxy) is 1. The van der Waals surface area contributed by atoms with Gasteiger partial charge in [-0.15, -0.1) is 11.3 Å². The second-order valence-corrected chi connectivity index (χ2v) is 6.66. The molecule has 2 nitrogen and oxygen atoms in total. The van der Waals surface area contributed by atoms with E-state index in [1.807, 2.05) is 6.07 Å². The number of hydrogen-bond donors (Lipinski definition) is 1. The van der Waals surface area contributed by atoms with Gasteiger partial charge < -0.3 is 9.84 Å². The van der Waals surface area contributed by atoms with E-state index in [-0.39, 0.29) is 6.10 Å². The highest BCUT2D eigenvalue weighted by atomic mass is 79.9. The summed E-state index contributed by atoms with van der Waals surface area (Å²) in [5, 5.41) is 10.0. The van der Waals surface area contributed by atoms with Crippen LogP contribution in [0.25, 0.3) is 0 Å². The van der Waals surface area contributed by atoms with Gasteiger partial charge in [-0.2, -0.15) is 0 Å². The van der Waals surface area contributed by atoms with Crippen molar-refractivity contribution < 1.29 is 9.84 Å². The Morgan fingerprint density at radius 3 is 3.00 bits per heavy atom. The minimum atomic E-state index is -0.263. The Balaban J connectivity index is 1.89. The normalized spacial score (nSPS) is 28.2. The maximum absolute atomic E-state index is 10.0. The van der Waals surface area contributed by atoms with E-state index in [4.69, 9.17) is 4.74 Å². The van der Waals surface area contributed by atoms with Crippen LogP contribution in [-0.4, -0.2) is 23.9 Å². The van der Waals surface area contributed by atoms with Crippen LogP contribution in [0.1, 0.15) is 18.2 Å². The quantitative estimate of drug-likeness (QED) is 0.928. The molecule has 1 aromatic rings. The molecular weight excluding hydrogens is 276 g/mol. The van der Waals surface area contributed by atoms with E-state index in [1.54, 1.807) is 11.3 Å². The van der Waals surface area contributed by atoms with Gasteiger partial charge in [-0.05, 0) is 41.4 Å². The van der Waals surface area contributed by atoms with Crippen molar-refractivity contribution in [3.8, 4) is 0 Å². The first-order chi connectivity index (χ1) is 7.15. The van der Waals surface area contributed by atoms with Crippen molar-refractivity contribution in [3.63, 3.8) is 0 Å². The topological polar surface area (TPSA) is 29.5 Å². The van der Waals surface area contributed by atoms with Crippen molar-refractivity contribution in [1.29, 1.82) is 0 Å². The molecule has 0 amide bonds. The fourth-order valence-corrected chi connectivity index (χ4v) is 3.49. The Hall–Kier alpha value is 0.1000. The maximum Gasteiger partial charge on any atom is 0.0701 e. The molecule has 2 heterocycles. The summed E-state index contributed by atoms with van der Waals surface area (Å²) in [6, 6.07) is 4.09. The van der Waals surface area contributed by atoms with Crippen molar-refractivity contribution in [3.05, 3.63) is 20.8 Å². The van der Waals surface area contributed by atoms with Gasteiger partial charge in [-0.3, -0.25) is 0 Å². The van der Waals surface area contributed by atoms with Crippen molar-refractivity contribution in [2.24, 2.45) is 5.92 Å². The lowest BCUT2D eigenvalue weighted by atomic mass is 9.97. The Bertz CT molecular complexity index is 326. The lowest BCUT2D eigenvalue weighted by molar-refractivity contribution is 0.0811. The summed E-state index contributed by atoms with van der Waals surface area (Å²) in [6.45, 7) is 2.77. The van der Waals surface area contributed by atoms with E-state index in [0.717, 1.165) is 16.6 Å². The fourth-order valence-electron chi connectivity index (χ4n) is 1.95. The van der Waals surface area contributed by atoms with Gasteiger partial charge in [0.1, 0.15) is 0 Å². The Labute approximate surface area is 102 Å². The largest absolute Gasteiger partial charge is 0.392 e. The molecule has 1 saturated heterocycles. The van der Waals surface area contributed by atoms with Gasteiger partial charge in [0.05, 0.1) is 22.6 Å². The standard InChI is InChI=1S/C11H15BrO2S/c1-7-4-8(6-14-7)10(13)5-9-2-3-11(12)15-9/h2-3,7-8,10,13H,4-6H2,1H3. The third kappa shape index (κ3) is 3.03. The summed E-state index contributed by atoms with van der Waals surface area (Å²) in [5.74, 6) is 0.306. The van der Waals surface area contributed by atoms with Gasteiger partial charge in [-0.1, -0.05) is 0 Å². The molecular formula is C11H15BrO2S. The molecule has 1 aliphatic heterocycles. The molecule has 0 radical (unpaired) electrons. The lowest BCUT2D eigenvalue weighted by Gasteiger charge is -2.15. The van der Waals surface area contributed by atoms with Gasteiger partial charge in [0, 0.05) is 17.2 Å². The summed E-state index contributed by atoms with van der Waals surface area (Å²) in [6.07, 6.45) is 1.77. The zero-order valence-electron chi connectivity index (χ0n) is 8.65. The van der Waals surface area contributed by atoms with E-state index in [2.05, 4.69) is 28.9 Å². The SMILES string of the molecule is CC1CC(C(O)Cc2ccc(Br)s2)CO1. The second kappa shape index (κ2) is 4.95. The van der Waals surface area contributed by atoms with Crippen LogP contribution in [0.15, 0.2) is 15.9 Å². The number of aliphatic hydroxyl groups is 1. The molecule has 1 aromatic heterocycles. The van der Waals surface area contributed by atoms with Gasteiger partial charge in [0.15, 0.2) is 0 Å². The Morgan fingerprint density at radius 2 is 2.47 bits per heavy atom. The smallest absolute Gasteiger partial charge is 0.0701 e. The van der Waals surface area contributed by atoms with Gasteiger partial charge in [0.25, 0.3) is 0 Å². The molecule has 0 saturated carbocycles. The molecule has 2 rings (SSSR count). The second-order valence-electron chi connectivity index (χ2n) is 4.12. The molecule has 1 N–H and O–H groups in total. The predicted octanol–water partition coefficient (Wildman–Crippen LogP) is 2.84. The third-order valence-corrected chi connectivity index (χ3v) is 4.46. The van der Waals surface area contributed by atoms with E-state index < -0.39 is 0 Å². The molecule has 84 valence electrons. The fraction of sp³-hybridized carbons (Fsp3) is 0.636. The van der Waals surface area contributed by atoms with Gasteiger partial charge in [-0.25, -0.2) is 0 Å². The summed E-state index contributed by atoms with van der Waals surface area (Å²) < 4.78 is 6.59. The molecule has 0 aliphatic carbocycles. The van der Waals surface area contributed by atoms with Crippen LogP contribution >= 0.6 is 27.3 Å². The van der Waals surface area contributed by atoms with Crippen LogP contribution in [0.2, 0.25) is 0 Å². The summed E-state index contributed by atoms with van der Waals surface area (Å²) >= 11 is 5.12. The van der Waals surface area contributed by atoms with E-state index in [1.165, 1.54) is 4.88 Å². The molecule has 4 heteroatoms. The summed E-state index contributed by atoms with van der Waals surface area (Å²) in [7, 11) is 0. The molecule has 3 atom stereocenters. The first-order valence-electron chi connectivity index (χ1n) is 5.19. The summed E-state index contributed by atoms with van der Waals surface area (Å²) in [4.78, 5) is 1.23. The number of hydrogen-bond acceptors (Lipinski definition) is 3. The molecule has 0 aromatic carbocycles. The van der Waals surface area contributed by atoms with Crippen LogP contribution in [-0.2, 0) is 11.2 Å². The highest BCUT2D eigenvalue weighted by Crippen LogP contribution is 2.28. The van der Waals surface area contributed by atoms with Gasteiger partial charge in [0.2, 0.25) is 0 Å². The number of thiophene rings is 1. The highest BCUT2D eigenvalue weighted by molar-refractivity contribution is 9.11. The first kappa shape index (κ1) is 11.6. The van der Waals surface area contributed by atoms with Crippen LogP contribution in [0.4, 0.5) is 0 Å². The maximum atomic E-state index is 10.0. The van der Waals surface area contributed by atoms with Crippen molar-refractivity contribution in [1.82, 2.24) is 0 Å². The number of halogens is 1. The van der Waals surface area contributed by atoms with Crippen molar-refractivity contribution in [2.45, 2.75) is 32.0 Å². The third-order valence-electron chi connectivity index (χ3n) is 2.81. The highest BCUT2D eigenvalue weighted by Gasteiger charge is 2.28. The minimum Gasteiger partial charge on any atom is -0.392 e. The lowest BCUT2D eigenvalue weighted by Crippen LogP contribution is -2.22. The van der Waals surface area contributed by atoms with E-state index in [9.17, 15) is 5.11 Å². The average Bonchev–Trinajstić information content (AvgIpc) is 2.75. The molecule has 3 unspecified atom stereocenters. The molecule has 0 bridgehead atoms. The zero-order chi connectivity index (χ0) is 10.8. The number of rotatable bonds is 3. The monoisotopic (exact) mass is 290 g/mol. The van der Waals surface area contributed by atoms with Crippen LogP contribution < -0.4 is 0 Å². The summed E-state index contributed by atoms with van der Waals surface area (Å²) in [5.41, 5.74) is 0. The Morgan fingerprint density at radius 1 is 1.67 bits per heavy atom. The van der Waals surface area contributed by atoms with Crippen LogP contribution in [0.5, 0.6) is 0 Å². The van der Waals surface area contributed by atoms with Gasteiger partial charge >= 0.3 is 0 Å². The molecule has 1 aliphatic rings. The van der Waals surface area contributed by atoms with E-state index in [0.29, 0.717) is 18.6 Å². The van der Waals surface area contributed by atoms with Crippen molar-refractivity contribution in [2.75, 3.05) is 6.61 Å². The predicted molar refractivity (Wildman–Crippen MR) is 65.3 cm³/mol. The van der Waals surface area contributed by atoms with E-state index >= 15 is 0 Å². The number of aliphatic hydroxyl groups excluding tert-OH is 1. The molecule has 1 fully saturated rings. The first-order valence-corrected chi connectivity index (χ1v) is 6.80. The van der Waals surface area contributed by atoms with Crippen molar-refractivity contribution >= 4 is 27.3 Å². The molecule has 15 heavy (non-hydrogen) atoms. The van der Waals surface area contributed by atoms with Crippen LogP contribution in [0.3, 0.4) is 0 Å².